The van der Waals surface area contributed by atoms with Gasteiger partial charge in [0.25, 0.3) is 5.91 Å². The van der Waals surface area contributed by atoms with Crippen molar-refractivity contribution in [2.24, 2.45) is 0 Å². The van der Waals surface area contributed by atoms with Crippen LogP contribution in [0.2, 0.25) is 0 Å². The van der Waals surface area contributed by atoms with Gasteiger partial charge in [-0.2, -0.15) is 0 Å². The molecule has 2 aromatic rings. The lowest BCUT2D eigenvalue weighted by molar-refractivity contribution is -0.113. The van der Waals surface area contributed by atoms with Crippen molar-refractivity contribution in [1.29, 1.82) is 0 Å². The van der Waals surface area contributed by atoms with Crippen LogP contribution in [0, 0.1) is 0 Å². The summed E-state index contributed by atoms with van der Waals surface area (Å²) in [6.07, 6.45) is 3.89. The number of benzene rings is 2. The van der Waals surface area contributed by atoms with Crippen molar-refractivity contribution in [1.82, 2.24) is 0 Å². The van der Waals surface area contributed by atoms with Crippen molar-refractivity contribution in [2.75, 3.05) is 18.6 Å². The van der Waals surface area contributed by atoms with Gasteiger partial charge in [-0.05, 0) is 48.4 Å². The number of halogens is 1. The van der Waals surface area contributed by atoms with E-state index in [0.717, 1.165) is 28.6 Å². The van der Waals surface area contributed by atoms with Gasteiger partial charge in [-0.1, -0.05) is 65.4 Å². The second-order valence-corrected chi connectivity index (χ2v) is 8.70. The van der Waals surface area contributed by atoms with Gasteiger partial charge < -0.3 is 9.47 Å². The number of ether oxygens (including phenoxy) is 2. The molecule has 1 amide bonds. The third-order valence-electron chi connectivity index (χ3n) is 4.10. The molecule has 28 heavy (non-hydrogen) atoms. The van der Waals surface area contributed by atoms with Crippen LogP contribution in [0.4, 0.5) is 5.69 Å². The molecule has 0 atom stereocenters. The second kappa shape index (κ2) is 9.58. The molecule has 1 fully saturated rings. The maximum atomic E-state index is 12.9. The summed E-state index contributed by atoms with van der Waals surface area (Å²) < 4.78 is 12.6. The lowest BCUT2D eigenvalue weighted by Crippen LogP contribution is -2.27. The summed E-state index contributed by atoms with van der Waals surface area (Å²) in [5.41, 5.74) is 1.60. The Labute approximate surface area is 183 Å². The molecule has 146 valence electrons. The van der Waals surface area contributed by atoms with Gasteiger partial charge in [-0.3, -0.25) is 9.69 Å². The van der Waals surface area contributed by atoms with Gasteiger partial charge in [0.1, 0.15) is 0 Å². The van der Waals surface area contributed by atoms with Gasteiger partial charge in [0.05, 0.1) is 24.3 Å². The Morgan fingerprint density at radius 3 is 2.75 bits per heavy atom. The molecule has 1 aliphatic heterocycles. The fourth-order valence-corrected chi connectivity index (χ4v) is 4.36. The SMILES string of the molecule is CCCCOc1ccc(/C=C2\SC(=S)N(c3cccc(Br)c3)C2=O)cc1OC. The zero-order valence-electron chi connectivity index (χ0n) is 15.6. The van der Waals surface area contributed by atoms with Crippen LogP contribution < -0.4 is 14.4 Å². The van der Waals surface area contributed by atoms with Crippen molar-refractivity contribution in [3.8, 4) is 11.5 Å². The maximum absolute atomic E-state index is 12.9. The molecule has 1 saturated heterocycles. The minimum absolute atomic E-state index is 0.129. The smallest absolute Gasteiger partial charge is 0.270 e. The molecule has 0 aromatic heterocycles. The monoisotopic (exact) mass is 477 g/mol. The zero-order chi connectivity index (χ0) is 20.1. The minimum Gasteiger partial charge on any atom is -0.493 e. The first-order valence-electron chi connectivity index (χ1n) is 8.88. The molecule has 0 aliphatic carbocycles. The number of methoxy groups -OCH3 is 1. The third-order valence-corrected chi connectivity index (χ3v) is 5.90. The van der Waals surface area contributed by atoms with Crippen LogP contribution in [0.1, 0.15) is 25.3 Å². The summed E-state index contributed by atoms with van der Waals surface area (Å²) in [5, 5.41) is 0. The van der Waals surface area contributed by atoms with Crippen LogP contribution in [0.3, 0.4) is 0 Å². The number of amides is 1. The highest BCUT2D eigenvalue weighted by atomic mass is 79.9. The third kappa shape index (κ3) is 4.77. The minimum atomic E-state index is -0.129. The summed E-state index contributed by atoms with van der Waals surface area (Å²) >= 11 is 10.2. The number of anilines is 1. The average Bonchev–Trinajstić information content (AvgIpc) is 2.96. The highest BCUT2D eigenvalue weighted by molar-refractivity contribution is 9.10. The predicted molar refractivity (Wildman–Crippen MR) is 123 cm³/mol. The molecule has 1 aliphatic rings. The van der Waals surface area contributed by atoms with Crippen LogP contribution in [0.5, 0.6) is 11.5 Å². The molecular formula is C21H20BrNO3S2. The fourth-order valence-electron chi connectivity index (χ4n) is 2.68. The second-order valence-electron chi connectivity index (χ2n) is 6.11. The van der Waals surface area contributed by atoms with Crippen molar-refractivity contribution in [2.45, 2.75) is 19.8 Å². The summed E-state index contributed by atoms with van der Waals surface area (Å²) in [6, 6.07) is 13.2. The summed E-state index contributed by atoms with van der Waals surface area (Å²) in [6.45, 7) is 2.77. The summed E-state index contributed by atoms with van der Waals surface area (Å²) in [7, 11) is 1.61. The van der Waals surface area contributed by atoms with Crippen molar-refractivity contribution in [3.05, 3.63) is 57.4 Å². The Morgan fingerprint density at radius 2 is 2.04 bits per heavy atom. The molecule has 7 heteroatoms. The van der Waals surface area contributed by atoms with E-state index in [1.54, 1.807) is 12.0 Å². The Kier molecular flexibility index (Phi) is 7.15. The van der Waals surface area contributed by atoms with Crippen LogP contribution >= 0.6 is 39.9 Å². The molecule has 0 spiro atoms. The highest BCUT2D eigenvalue weighted by Gasteiger charge is 2.33. The topological polar surface area (TPSA) is 38.8 Å². The number of carbonyl (C=O) groups is 1. The van der Waals surface area contributed by atoms with Crippen molar-refractivity contribution < 1.29 is 14.3 Å². The van der Waals surface area contributed by atoms with E-state index >= 15 is 0 Å². The van der Waals surface area contributed by atoms with Gasteiger partial charge in [0.2, 0.25) is 0 Å². The molecule has 1 heterocycles. The predicted octanol–water partition coefficient (Wildman–Crippen LogP) is 6.04. The van der Waals surface area contributed by atoms with E-state index in [9.17, 15) is 4.79 Å². The Balaban J connectivity index is 1.83. The summed E-state index contributed by atoms with van der Waals surface area (Å²) in [4.78, 5) is 15.0. The van der Waals surface area contributed by atoms with E-state index in [1.807, 2.05) is 48.5 Å². The number of nitrogens with zero attached hydrogens (tertiary/aromatic N) is 1. The van der Waals surface area contributed by atoms with E-state index in [-0.39, 0.29) is 5.91 Å². The normalized spacial score (nSPS) is 15.4. The molecule has 0 N–H and O–H groups in total. The number of hydrogen-bond acceptors (Lipinski definition) is 5. The van der Waals surface area contributed by atoms with E-state index in [1.165, 1.54) is 11.8 Å². The molecule has 0 unspecified atom stereocenters. The largest absolute Gasteiger partial charge is 0.493 e. The maximum Gasteiger partial charge on any atom is 0.270 e. The quantitative estimate of drug-likeness (QED) is 0.276. The van der Waals surface area contributed by atoms with Gasteiger partial charge in [-0.25, -0.2) is 0 Å². The lowest BCUT2D eigenvalue weighted by atomic mass is 10.1. The number of hydrogen-bond donors (Lipinski definition) is 0. The van der Waals surface area contributed by atoms with Gasteiger partial charge in [-0.15, -0.1) is 0 Å². The van der Waals surface area contributed by atoms with E-state index in [2.05, 4.69) is 22.9 Å². The number of thioether (sulfide) groups is 1. The molecule has 4 nitrogen and oxygen atoms in total. The molecule has 0 saturated carbocycles. The van der Waals surface area contributed by atoms with Crippen LogP contribution in [0.15, 0.2) is 51.8 Å². The first kappa shape index (κ1) is 20.9. The van der Waals surface area contributed by atoms with Crippen LogP contribution in [0.25, 0.3) is 6.08 Å². The standard InChI is InChI=1S/C21H20BrNO3S2/c1-3-4-10-26-17-9-8-14(11-18(17)25-2)12-19-20(24)23(21(27)28-19)16-7-5-6-15(22)13-16/h5-9,11-13H,3-4,10H2,1-2H3/b19-12-. The fraction of sp³-hybridized carbons (Fsp3) is 0.238. The number of thiocarbonyl (C=S) groups is 1. The molecule has 3 rings (SSSR count). The van der Waals surface area contributed by atoms with Crippen LogP contribution in [-0.2, 0) is 4.79 Å². The first-order chi connectivity index (χ1) is 13.5. The van der Waals surface area contributed by atoms with E-state index in [0.29, 0.717) is 27.3 Å². The highest BCUT2D eigenvalue weighted by Crippen LogP contribution is 2.37. The Bertz CT molecular complexity index is 930. The number of carbonyl (C=O) groups excluding carboxylic acids is 1. The van der Waals surface area contributed by atoms with Gasteiger partial charge in [0.15, 0.2) is 15.8 Å². The molecule has 2 aromatic carbocycles. The molecular weight excluding hydrogens is 458 g/mol. The van der Waals surface area contributed by atoms with E-state index in [4.69, 9.17) is 21.7 Å². The van der Waals surface area contributed by atoms with Gasteiger partial charge in [0, 0.05) is 4.47 Å². The molecule has 0 radical (unpaired) electrons. The zero-order valence-corrected chi connectivity index (χ0v) is 18.8. The number of unbranched alkanes of at least 4 members (excludes halogenated alkanes) is 1. The van der Waals surface area contributed by atoms with Crippen molar-refractivity contribution >= 4 is 61.9 Å². The average molecular weight is 478 g/mol. The molecule has 0 bridgehead atoms. The lowest BCUT2D eigenvalue weighted by Gasteiger charge is -2.14. The van der Waals surface area contributed by atoms with Crippen molar-refractivity contribution in [3.63, 3.8) is 0 Å². The summed E-state index contributed by atoms with van der Waals surface area (Å²) in [5.74, 6) is 1.22. The Morgan fingerprint density at radius 1 is 1.21 bits per heavy atom. The van der Waals surface area contributed by atoms with Crippen LogP contribution in [-0.4, -0.2) is 23.9 Å². The Hall–Kier alpha value is -1.83. The first-order valence-corrected chi connectivity index (χ1v) is 10.9. The van der Waals surface area contributed by atoms with Gasteiger partial charge >= 0.3 is 0 Å². The number of rotatable bonds is 7. The van der Waals surface area contributed by atoms with E-state index < -0.39 is 0 Å².